The molecule has 2 aromatic rings. The molecule has 2 heterocycles. The average molecular weight is 299 g/mol. The number of nitrogens with one attached hydrogen (secondary N) is 2. The van der Waals surface area contributed by atoms with Crippen LogP contribution in [0.1, 0.15) is 17.2 Å². The van der Waals surface area contributed by atoms with Crippen molar-refractivity contribution in [3.8, 4) is 0 Å². The van der Waals surface area contributed by atoms with Gasteiger partial charge >= 0.3 is 6.18 Å². The van der Waals surface area contributed by atoms with Gasteiger partial charge in [0.05, 0.1) is 12.2 Å². The Morgan fingerprint density at radius 3 is 2.62 bits per heavy atom. The van der Waals surface area contributed by atoms with Crippen molar-refractivity contribution in [2.75, 3.05) is 10.7 Å². The molecule has 4 N–H and O–H groups in total. The van der Waals surface area contributed by atoms with Gasteiger partial charge in [0.25, 0.3) is 0 Å². The van der Waals surface area contributed by atoms with Gasteiger partial charge in [0, 0.05) is 12.3 Å². The zero-order chi connectivity index (χ0) is 15.5. The minimum atomic E-state index is -4.59. The first-order valence-corrected chi connectivity index (χ1v) is 5.84. The van der Waals surface area contributed by atoms with E-state index in [0.29, 0.717) is 11.5 Å². The van der Waals surface area contributed by atoms with E-state index < -0.39 is 11.9 Å². The van der Waals surface area contributed by atoms with Gasteiger partial charge in [-0.05, 0) is 13.0 Å². The van der Waals surface area contributed by atoms with E-state index in [9.17, 15) is 13.2 Å². The van der Waals surface area contributed by atoms with Gasteiger partial charge in [-0.3, -0.25) is 5.43 Å². The molecule has 0 amide bonds. The number of aromatic nitrogens is 4. The van der Waals surface area contributed by atoms with Crippen LogP contribution < -0.4 is 16.6 Å². The van der Waals surface area contributed by atoms with Crippen molar-refractivity contribution in [2.45, 2.75) is 19.6 Å². The van der Waals surface area contributed by atoms with Crippen LogP contribution in [-0.2, 0) is 12.7 Å². The van der Waals surface area contributed by atoms with Crippen molar-refractivity contribution in [3.05, 3.63) is 35.5 Å². The predicted octanol–water partition coefficient (Wildman–Crippen LogP) is 1.49. The highest BCUT2D eigenvalue weighted by molar-refractivity contribution is 5.42. The number of halogens is 3. The number of hydrazine groups is 1. The van der Waals surface area contributed by atoms with Gasteiger partial charge in [0.2, 0.25) is 5.95 Å². The third-order valence-electron chi connectivity index (χ3n) is 2.43. The van der Waals surface area contributed by atoms with Crippen molar-refractivity contribution in [2.24, 2.45) is 5.84 Å². The number of hydrogen-bond donors (Lipinski definition) is 3. The molecule has 0 aliphatic rings. The van der Waals surface area contributed by atoms with Crippen LogP contribution in [0.25, 0.3) is 0 Å². The Balaban J connectivity index is 2.19. The van der Waals surface area contributed by atoms with Crippen molar-refractivity contribution in [3.63, 3.8) is 0 Å². The number of anilines is 2. The number of nitrogens with zero attached hydrogens (tertiary/aromatic N) is 4. The minimum Gasteiger partial charge on any atom is -0.364 e. The average Bonchev–Trinajstić information content (AvgIpc) is 2.44. The fourth-order valence-corrected chi connectivity index (χ4v) is 1.53. The van der Waals surface area contributed by atoms with Crippen LogP contribution in [0.2, 0.25) is 0 Å². The lowest BCUT2D eigenvalue weighted by Gasteiger charge is -2.11. The highest BCUT2D eigenvalue weighted by Gasteiger charge is 2.33. The standard InChI is InChI=1S/C11H12F3N7/c1-6-16-3-2-7(18-6)5-17-9-4-8(11(12,13)14)19-10(20-9)21-15/h2-4H,5,15H2,1H3,(H2,17,19,20,21). The quantitative estimate of drug-likeness (QED) is 0.580. The fourth-order valence-electron chi connectivity index (χ4n) is 1.53. The van der Waals surface area contributed by atoms with E-state index in [0.717, 1.165) is 6.07 Å². The largest absolute Gasteiger partial charge is 0.433 e. The second-order valence-corrected chi connectivity index (χ2v) is 4.05. The van der Waals surface area contributed by atoms with E-state index in [2.05, 4.69) is 25.3 Å². The Kier molecular flexibility index (Phi) is 4.17. The molecule has 0 spiro atoms. The Bertz CT molecular complexity index is 629. The number of alkyl halides is 3. The van der Waals surface area contributed by atoms with Crippen LogP contribution in [0.4, 0.5) is 24.9 Å². The lowest BCUT2D eigenvalue weighted by molar-refractivity contribution is -0.141. The highest BCUT2D eigenvalue weighted by Crippen LogP contribution is 2.29. The van der Waals surface area contributed by atoms with Crippen LogP contribution in [-0.4, -0.2) is 19.9 Å². The molecular formula is C11H12F3N7. The van der Waals surface area contributed by atoms with Crippen LogP contribution in [0.5, 0.6) is 0 Å². The summed E-state index contributed by atoms with van der Waals surface area (Å²) in [4.78, 5) is 15.1. The lowest BCUT2D eigenvalue weighted by Crippen LogP contribution is -2.17. The topological polar surface area (TPSA) is 102 Å². The summed E-state index contributed by atoms with van der Waals surface area (Å²) >= 11 is 0. The molecule has 0 unspecified atom stereocenters. The zero-order valence-electron chi connectivity index (χ0n) is 10.9. The van der Waals surface area contributed by atoms with Crippen LogP contribution in [0.15, 0.2) is 18.3 Å². The fraction of sp³-hybridized carbons (Fsp3) is 0.273. The maximum absolute atomic E-state index is 12.7. The molecule has 10 heteroatoms. The van der Waals surface area contributed by atoms with Crippen molar-refractivity contribution < 1.29 is 13.2 Å². The normalized spacial score (nSPS) is 11.3. The summed E-state index contributed by atoms with van der Waals surface area (Å²) in [5.41, 5.74) is 1.53. The second kappa shape index (κ2) is 5.87. The summed E-state index contributed by atoms with van der Waals surface area (Å²) in [7, 11) is 0. The maximum Gasteiger partial charge on any atom is 0.433 e. The highest BCUT2D eigenvalue weighted by atomic mass is 19.4. The third kappa shape index (κ3) is 3.99. The summed E-state index contributed by atoms with van der Waals surface area (Å²) < 4.78 is 38.1. The molecule has 0 saturated heterocycles. The zero-order valence-corrected chi connectivity index (χ0v) is 10.9. The Morgan fingerprint density at radius 2 is 2.00 bits per heavy atom. The summed E-state index contributed by atoms with van der Waals surface area (Å²) in [6.07, 6.45) is -3.02. The summed E-state index contributed by atoms with van der Waals surface area (Å²) in [5.74, 6) is 5.29. The molecule has 2 aromatic heterocycles. The molecular weight excluding hydrogens is 287 g/mol. The molecule has 0 aromatic carbocycles. The first-order chi connectivity index (χ1) is 9.88. The molecule has 0 fully saturated rings. The van der Waals surface area contributed by atoms with E-state index in [4.69, 9.17) is 5.84 Å². The molecule has 0 radical (unpaired) electrons. The van der Waals surface area contributed by atoms with Gasteiger partial charge < -0.3 is 5.32 Å². The third-order valence-corrected chi connectivity index (χ3v) is 2.43. The predicted molar refractivity (Wildman–Crippen MR) is 68.9 cm³/mol. The molecule has 0 aliphatic heterocycles. The van der Waals surface area contributed by atoms with Gasteiger partial charge in [-0.1, -0.05) is 0 Å². The monoisotopic (exact) mass is 299 g/mol. The van der Waals surface area contributed by atoms with E-state index in [1.807, 2.05) is 5.43 Å². The van der Waals surface area contributed by atoms with Gasteiger partial charge in [-0.25, -0.2) is 20.8 Å². The van der Waals surface area contributed by atoms with E-state index in [1.54, 1.807) is 19.2 Å². The van der Waals surface area contributed by atoms with E-state index in [-0.39, 0.29) is 18.3 Å². The molecule has 2 rings (SSSR count). The first kappa shape index (κ1) is 14.9. The molecule has 0 atom stereocenters. The van der Waals surface area contributed by atoms with Crippen molar-refractivity contribution >= 4 is 11.8 Å². The molecule has 0 aliphatic carbocycles. The lowest BCUT2D eigenvalue weighted by atomic mass is 10.3. The van der Waals surface area contributed by atoms with Crippen LogP contribution in [0.3, 0.4) is 0 Å². The molecule has 21 heavy (non-hydrogen) atoms. The first-order valence-electron chi connectivity index (χ1n) is 5.84. The Hall–Kier alpha value is -2.49. The van der Waals surface area contributed by atoms with Gasteiger partial charge in [0.1, 0.15) is 11.6 Å². The van der Waals surface area contributed by atoms with Gasteiger partial charge in [0.15, 0.2) is 5.69 Å². The summed E-state index contributed by atoms with van der Waals surface area (Å²) in [6.45, 7) is 1.91. The SMILES string of the molecule is Cc1nccc(CNc2cc(C(F)(F)F)nc(NN)n2)n1. The molecule has 7 nitrogen and oxygen atoms in total. The van der Waals surface area contributed by atoms with E-state index in [1.165, 1.54) is 0 Å². The summed E-state index contributed by atoms with van der Waals surface area (Å²) in [5, 5.41) is 2.74. The van der Waals surface area contributed by atoms with Gasteiger partial charge in [-0.15, -0.1) is 0 Å². The number of rotatable bonds is 4. The van der Waals surface area contributed by atoms with Crippen LogP contribution in [0, 0.1) is 6.92 Å². The Labute approximate surface area is 117 Å². The number of aryl methyl sites for hydroxylation is 1. The van der Waals surface area contributed by atoms with E-state index >= 15 is 0 Å². The summed E-state index contributed by atoms with van der Waals surface area (Å²) in [6, 6.07) is 2.45. The molecule has 112 valence electrons. The smallest absolute Gasteiger partial charge is 0.364 e. The number of hydrogen-bond acceptors (Lipinski definition) is 7. The Morgan fingerprint density at radius 1 is 1.24 bits per heavy atom. The maximum atomic E-state index is 12.7. The minimum absolute atomic E-state index is 0.0125. The van der Waals surface area contributed by atoms with Gasteiger partial charge in [-0.2, -0.15) is 18.2 Å². The van der Waals surface area contributed by atoms with Crippen LogP contribution >= 0.6 is 0 Å². The molecule has 0 bridgehead atoms. The number of nitrogen functional groups attached to an aromatic ring is 1. The van der Waals surface area contributed by atoms with Crippen molar-refractivity contribution in [1.82, 2.24) is 19.9 Å². The number of nitrogens with two attached hydrogens (primary N) is 1. The van der Waals surface area contributed by atoms with Crippen molar-refractivity contribution in [1.29, 1.82) is 0 Å². The molecule has 0 saturated carbocycles. The second-order valence-electron chi connectivity index (χ2n) is 4.05.